The summed E-state index contributed by atoms with van der Waals surface area (Å²) in [6.07, 6.45) is 3.94. The Kier molecular flexibility index (Phi) is 8.36. The maximum atomic E-state index is 12.1. The van der Waals surface area contributed by atoms with Crippen molar-refractivity contribution in [3.8, 4) is 0 Å². The maximum absolute atomic E-state index is 12.1. The second-order valence-electron chi connectivity index (χ2n) is 9.45. The first kappa shape index (κ1) is 25.4. The van der Waals surface area contributed by atoms with Crippen molar-refractivity contribution in [3.63, 3.8) is 0 Å². The van der Waals surface area contributed by atoms with Gasteiger partial charge in [-0.05, 0) is 74.6 Å². The van der Waals surface area contributed by atoms with Crippen LogP contribution in [0.3, 0.4) is 0 Å². The summed E-state index contributed by atoms with van der Waals surface area (Å²) in [5, 5.41) is 13.6. The summed E-state index contributed by atoms with van der Waals surface area (Å²) in [7, 11) is 0. The smallest absolute Gasteiger partial charge is 0.309 e. The first-order valence-electron chi connectivity index (χ1n) is 12.7. The van der Waals surface area contributed by atoms with Crippen molar-refractivity contribution in [1.29, 1.82) is 0 Å². The highest BCUT2D eigenvalue weighted by Gasteiger charge is 2.26. The average Bonchev–Trinajstić information content (AvgIpc) is 2.90. The molecule has 0 amide bonds. The van der Waals surface area contributed by atoms with Crippen molar-refractivity contribution in [2.24, 2.45) is 11.1 Å². The minimum Gasteiger partial charge on any atom is -0.466 e. The molecule has 36 heavy (non-hydrogen) atoms. The van der Waals surface area contributed by atoms with Gasteiger partial charge in [-0.3, -0.25) is 9.78 Å². The summed E-state index contributed by atoms with van der Waals surface area (Å²) in [6, 6.07) is 20.9. The predicted molar refractivity (Wildman–Crippen MR) is 143 cm³/mol. The molecule has 1 aliphatic rings. The molecule has 2 aromatic carbocycles. The number of hydrogen-bond acceptors (Lipinski definition) is 6. The molecule has 1 N–H and O–H groups in total. The number of pyridine rings is 1. The van der Waals surface area contributed by atoms with Crippen LogP contribution in [0.25, 0.3) is 0 Å². The standard InChI is InChI=1S/C30H35N3O3/c1-4-36-30(34)24-14-17-33(18-15-24)26-11-9-23(10-12-26)28(27-8-6-5-7-21(27)2)20-29(32-35)25-13-16-31-22(3)19-25/h5-13,16,19,24,28,35H,4,14-15,17-18,20H2,1-3H3/b32-29+/t28-/m1/s1. The Morgan fingerprint density at radius 3 is 2.47 bits per heavy atom. The van der Waals surface area contributed by atoms with Gasteiger partial charge in [0.25, 0.3) is 0 Å². The highest BCUT2D eigenvalue weighted by Crippen LogP contribution is 2.34. The zero-order chi connectivity index (χ0) is 25.5. The third-order valence-electron chi connectivity index (χ3n) is 7.09. The SMILES string of the molecule is CCOC(=O)C1CCN(c2ccc([C@@H](C/C(=N\O)c3ccnc(C)c3)c3ccccc3C)cc2)CC1. The molecule has 0 unspecified atom stereocenters. The van der Waals surface area contributed by atoms with E-state index >= 15 is 0 Å². The summed E-state index contributed by atoms with van der Waals surface area (Å²) in [4.78, 5) is 18.7. The van der Waals surface area contributed by atoms with Crippen LogP contribution in [-0.2, 0) is 9.53 Å². The second-order valence-corrected chi connectivity index (χ2v) is 9.45. The molecule has 2 heterocycles. The number of esters is 1. The summed E-state index contributed by atoms with van der Waals surface area (Å²) in [5.74, 6) is -0.0348. The Hall–Kier alpha value is -3.67. The fourth-order valence-corrected chi connectivity index (χ4v) is 5.07. The second kappa shape index (κ2) is 11.8. The molecule has 1 saturated heterocycles. The third-order valence-corrected chi connectivity index (χ3v) is 7.09. The molecular weight excluding hydrogens is 450 g/mol. The Morgan fingerprint density at radius 2 is 1.83 bits per heavy atom. The summed E-state index contributed by atoms with van der Waals surface area (Å²) < 4.78 is 5.21. The Morgan fingerprint density at radius 1 is 1.11 bits per heavy atom. The quantitative estimate of drug-likeness (QED) is 0.187. The van der Waals surface area contributed by atoms with Crippen molar-refractivity contribution in [2.75, 3.05) is 24.6 Å². The van der Waals surface area contributed by atoms with Crippen LogP contribution in [0.4, 0.5) is 5.69 Å². The first-order chi connectivity index (χ1) is 17.5. The molecule has 6 nitrogen and oxygen atoms in total. The fourth-order valence-electron chi connectivity index (χ4n) is 5.07. The van der Waals surface area contributed by atoms with Crippen LogP contribution in [0, 0.1) is 19.8 Å². The average molecular weight is 486 g/mol. The van der Waals surface area contributed by atoms with E-state index in [2.05, 4.69) is 64.4 Å². The molecule has 1 aliphatic heterocycles. The number of aryl methyl sites for hydroxylation is 2. The number of ether oxygens (including phenoxy) is 1. The predicted octanol–water partition coefficient (Wildman–Crippen LogP) is 5.88. The van der Waals surface area contributed by atoms with Crippen LogP contribution >= 0.6 is 0 Å². The number of hydrogen-bond donors (Lipinski definition) is 1. The Bertz CT molecular complexity index is 1200. The van der Waals surface area contributed by atoms with Crippen molar-refractivity contribution in [2.45, 2.75) is 46.0 Å². The van der Waals surface area contributed by atoms with E-state index in [9.17, 15) is 10.0 Å². The molecule has 0 spiro atoms. The minimum atomic E-state index is -0.0701. The van der Waals surface area contributed by atoms with Crippen LogP contribution in [0.15, 0.2) is 72.0 Å². The molecule has 188 valence electrons. The molecule has 3 aromatic rings. The minimum absolute atomic E-state index is 0.000998. The van der Waals surface area contributed by atoms with Gasteiger partial charge in [0.05, 0.1) is 18.2 Å². The van der Waals surface area contributed by atoms with E-state index in [0.717, 1.165) is 42.9 Å². The first-order valence-corrected chi connectivity index (χ1v) is 12.7. The molecule has 6 heteroatoms. The number of carbonyl (C=O) groups is 1. The van der Waals surface area contributed by atoms with Gasteiger partial charge in [0, 0.05) is 48.6 Å². The largest absolute Gasteiger partial charge is 0.466 e. The van der Waals surface area contributed by atoms with Crippen LogP contribution in [0.2, 0.25) is 0 Å². The van der Waals surface area contributed by atoms with Gasteiger partial charge in [0.15, 0.2) is 0 Å². The Labute approximate surface area is 213 Å². The van der Waals surface area contributed by atoms with E-state index in [1.54, 1.807) is 6.20 Å². The maximum Gasteiger partial charge on any atom is 0.309 e. The monoisotopic (exact) mass is 485 g/mol. The van der Waals surface area contributed by atoms with E-state index in [1.807, 2.05) is 32.0 Å². The van der Waals surface area contributed by atoms with Gasteiger partial charge in [-0.1, -0.05) is 41.6 Å². The molecule has 0 bridgehead atoms. The fraction of sp³-hybridized carbons (Fsp3) is 0.367. The van der Waals surface area contributed by atoms with Crippen molar-refractivity contribution in [3.05, 3.63) is 94.8 Å². The van der Waals surface area contributed by atoms with Gasteiger partial charge in [-0.25, -0.2) is 0 Å². The lowest BCUT2D eigenvalue weighted by Gasteiger charge is -2.33. The van der Waals surface area contributed by atoms with Crippen molar-refractivity contribution in [1.82, 2.24) is 4.98 Å². The molecule has 1 fully saturated rings. The number of oxime groups is 1. The molecular formula is C30H35N3O3. The number of anilines is 1. The van der Waals surface area contributed by atoms with E-state index in [1.165, 1.54) is 16.7 Å². The number of piperidine rings is 1. The van der Waals surface area contributed by atoms with Crippen LogP contribution in [0.1, 0.15) is 60.1 Å². The Balaban J connectivity index is 1.56. The van der Waals surface area contributed by atoms with Gasteiger partial charge in [0.1, 0.15) is 0 Å². The molecule has 4 rings (SSSR count). The number of aromatic nitrogens is 1. The molecule has 1 aromatic heterocycles. The van der Waals surface area contributed by atoms with Gasteiger partial charge in [-0.2, -0.15) is 0 Å². The van der Waals surface area contributed by atoms with E-state index in [-0.39, 0.29) is 17.8 Å². The topological polar surface area (TPSA) is 75.0 Å². The highest BCUT2D eigenvalue weighted by molar-refractivity contribution is 6.01. The summed E-state index contributed by atoms with van der Waals surface area (Å²) in [5.41, 5.74) is 7.15. The van der Waals surface area contributed by atoms with Gasteiger partial charge in [0.2, 0.25) is 0 Å². The van der Waals surface area contributed by atoms with Gasteiger partial charge < -0.3 is 14.8 Å². The van der Waals surface area contributed by atoms with Crippen LogP contribution < -0.4 is 4.90 Å². The highest BCUT2D eigenvalue weighted by atomic mass is 16.5. The zero-order valence-corrected chi connectivity index (χ0v) is 21.4. The van der Waals surface area contributed by atoms with Gasteiger partial charge in [-0.15, -0.1) is 0 Å². The normalized spacial score (nSPS) is 15.5. The van der Waals surface area contributed by atoms with Crippen molar-refractivity contribution < 1.29 is 14.7 Å². The van der Waals surface area contributed by atoms with Crippen molar-refractivity contribution >= 4 is 17.4 Å². The lowest BCUT2D eigenvalue weighted by Crippen LogP contribution is -2.36. The van der Waals surface area contributed by atoms with Gasteiger partial charge >= 0.3 is 5.97 Å². The number of nitrogens with zero attached hydrogens (tertiary/aromatic N) is 3. The number of rotatable bonds is 8. The molecule has 0 aliphatic carbocycles. The zero-order valence-electron chi connectivity index (χ0n) is 21.4. The van der Waals surface area contributed by atoms with E-state index < -0.39 is 0 Å². The van der Waals surface area contributed by atoms with E-state index in [4.69, 9.17) is 4.74 Å². The molecule has 1 atom stereocenters. The lowest BCUT2D eigenvalue weighted by atomic mass is 9.83. The lowest BCUT2D eigenvalue weighted by molar-refractivity contribution is -0.148. The molecule has 0 radical (unpaired) electrons. The van der Waals surface area contributed by atoms with Crippen LogP contribution in [-0.4, -0.2) is 41.6 Å². The van der Waals surface area contributed by atoms with Crippen LogP contribution in [0.5, 0.6) is 0 Å². The summed E-state index contributed by atoms with van der Waals surface area (Å²) in [6.45, 7) is 8.03. The molecule has 0 saturated carbocycles. The van der Waals surface area contributed by atoms with E-state index in [0.29, 0.717) is 18.7 Å². The summed E-state index contributed by atoms with van der Waals surface area (Å²) >= 11 is 0. The number of benzene rings is 2. The third kappa shape index (κ3) is 5.93. The number of carbonyl (C=O) groups excluding carboxylic acids is 1.